The molecule has 1 aromatic heterocycles. The fourth-order valence-corrected chi connectivity index (χ4v) is 1.06. The highest BCUT2D eigenvalue weighted by molar-refractivity contribution is 6.30. The van der Waals surface area contributed by atoms with E-state index >= 15 is 0 Å². The highest BCUT2D eigenvalue weighted by Crippen LogP contribution is 2.02. The lowest BCUT2D eigenvalue weighted by molar-refractivity contribution is 0.892. The lowest BCUT2D eigenvalue weighted by Gasteiger charge is -1.98. The summed E-state index contributed by atoms with van der Waals surface area (Å²) in [4.78, 5) is 0. The van der Waals surface area contributed by atoms with Crippen LogP contribution < -0.4 is 5.59 Å². The van der Waals surface area contributed by atoms with Crippen LogP contribution in [-0.2, 0) is 0 Å². The van der Waals surface area contributed by atoms with E-state index in [0.717, 1.165) is 5.69 Å². The van der Waals surface area contributed by atoms with Gasteiger partial charge in [0.15, 0.2) is 0 Å². The Balaban J connectivity index is 2.45. The maximum Gasteiger partial charge on any atom is 0.144 e. The zero-order chi connectivity index (χ0) is 8.39. The van der Waals surface area contributed by atoms with E-state index in [1.807, 2.05) is 36.5 Å². The minimum atomic E-state index is 0.541. The Kier molecular flexibility index (Phi) is 1.70. The van der Waals surface area contributed by atoms with Crippen LogP contribution in [0.25, 0.3) is 5.69 Å². The number of hydrogen-bond acceptors (Lipinski definition) is 1. The first-order valence-electron chi connectivity index (χ1n) is 3.73. The Bertz CT molecular complexity index is 367. The Morgan fingerprint density at radius 3 is 2.42 bits per heavy atom. The first-order valence-corrected chi connectivity index (χ1v) is 3.73. The summed E-state index contributed by atoms with van der Waals surface area (Å²) in [7, 11) is 5.48. The van der Waals surface area contributed by atoms with E-state index in [1.54, 1.807) is 10.7 Å². The van der Waals surface area contributed by atoms with Gasteiger partial charge in [0.2, 0.25) is 0 Å². The SMILES string of the molecule is [B]c1ccn(-c2ccccc2)n1. The third kappa shape index (κ3) is 1.26. The third-order valence-electron chi connectivity index (χ3n) is 1.63. The molecular formula is C9H7BN2. The molecule has 2 rings (SSSR count). The van der Waals surface area contributed by atoms with Crippen LogP contribution in [0.4, 0.5) is 0 Å². The molecule has 0 aliphatic carbocycles. The van der Waals surface area contributed by atoms with Crippen molar-refractivity contribution in [2.45, 2.75) is 0 Å². The van der Waals surface area contributed by atoms with Crippen molar-refractivity contribution in [3.63, 3.8) is 0 Å². The van der Waals surface area contributed by atoms with Crippen molar-refractivity contribution < 1.29 is 0 Å². The molecule has 0 spiro atoms. The van der Waals surface area contributed by atoms with Gasteiger partial charge in [0.05, 0.1) is 5.69 Å². The van der Waals surface area contributed by atoms with Crippen molar-refractivity contribution in [2.75, 3.05) is 0 Å². The predicted octanol–water partition coefficient (Wildman–Crippen LogP) is 0.666. The van der Waals surface area contributed by atoms with Gasteiger partial charge in [0.25, 0.3) is 0 Å². The van der Waals surface area contributed by atoms with Crippen LogP contribution in [0.1, 0.15) is 0 Å². The molecule has 0 unspecified atom stereocenters. The zero-order valence-corrected chi connectivity index (χ0v) is 6.51. The van der Waals surface area contributed by atoms with Crippen LogP contribution >= 0.6 is 0 Å². The number of aromatic nitrogens is 2. The molecular weight excluding hydrogens is 147 g/mol. The molecule has 2 radical (unpaired) electrons. The molecule has 12 heavy (non-hydrogen) atoms. The van der Waals surface area contributed by atoms with E-state index in [2.05, 4.69) is 5.10 Å². The second-order valence-electron chi connectivity index (χ2n) is 2.52. The fraction of sp³-hybridized carbons (Fsp3) is 0. The minimum absolute atomic E-state index is 0.541. The summed E-state index contributed by atoms with van der Waals surface area (Å²) in [6.07, 6.45) is 1.84. The van der Waals surface area contributed by atoms with E-state index in [4.69, 9.17) is 7.85 Å². The standard InChI is InChI=1S/C9H7BN2/c10-9-6-7-12(11-9)8-4-2-1-3-5-8/h1-7H. The first kappa shape index (κ1) is 7.16. The molecule has 56 valence electrons. The molecule has 0 saturated carbocycles. The van der Waals surface area contributed by atoms with Crippen molar-refractivity contribution >= 4 is 13.4 Å². The van der Waals surface area contributed by atoms with Gasteiger partial charge in [0.1, 0.15) is 7.85 Å². The van der Waals surface area contributed by atoms with Gasteiger partial charge in [-0.15, -0.1) is 0 Å². The number of para-hydroxylation sites is 1. The van der Waals surface area contributed by atoms with Crippen LogP contribution in [-0.4, -0.2) is 17.6 Å². The van der Waals surface area contributed by atoms with Crippen molar-refractivity contribution in [3.8, 4) is 5.69 Å². The van der Waals surface area contributed by atoms with Gasteiger partial charge in [-0.3, -0.25) is 0 Å². The van der Waals surface area contributed by atoms with Gasteiger partial charge in [-0.25, -0.2) is 4.68 Å². The minimum Gasteiger partial charge on any atom is -0.242 e. The van der Waals surface area contributed by atoms with Crippen molar-refractivity contribution in [3.05, 3.63) is 42.6 Å². The maximum atomic E-state index is 5.48. The normalized spacial score (nSPS) is 10.0. The quantitative estimate of drug-likeness (QED) is 0.552. The van der Waals surface area contributed by atoms with Gasteiger partial charge in [0, 0.05) is 11.8 Å². The van der Waals surface area contributed by atoms with Gasteiger partial charge >= 0.3 is 0 Å². The molecule has 0 aliphatic rings. The second-order valence-corrected chi connectivity index (χ2v) is 2.52. The summed E-state index contributed by atoms with van der Waals surface area (Å²) >= 11 is 0. The Morgan fingerprint density at radius 1 is 1.08 bits per heavy atom. The second kappa shape index (κ2) is 2.85. The van der Waals surface area contributed by atoms with E-state index in [9.17, 15) is 0 Å². The van der Waals surface area contributed by atoms with Gasteiger partial charge in [-0.05, 0) is 18.2 Å². The van der Waals surface area contributed by atoms with Gasteiger partial charge < -0.3 is 0 Å². The number of hydrogen-bond donors (Lipinski definition) is 0. The van der Waals surface area contributed by atoms with Gasteiger partial charge in [-0.2, -0.15) is 5.10 Å². The van der Waals surface area contributed by atoms with Crippen LogP contribution in [0.5, 0.6) is 0 Å². The summed E-state index contributed by atoms with van der Waals surface area (Å²) in [5, 5.41) is 4.08. The number of nitrogens with zero attached hydrogens (tertiary/aromatic N) is 2. The summed E-state index contributed by atoms with van der Waals surface area (Å²) in [6.45, 7) is 0. The van der Waals surface area contributed by atoms with E-state index in [-0.39, 0.29) is 0 Å². The summed E-state index contributed by atoms with van der Waals surface area (Å²) < 4.78 is 1.75. The molecule has 0 bridgehead atoms. The highest BCUT2D eigenvalue weighted by Gasteiger charge is 1.94. The van der Waals surface area contributed by atoms with Crippen molar-refractivity contribution in [1.82, 2.24) is 9.78 Å². The smallest absolute Gasteiger partial charge is 0.144 e. The monoisotopic (exact) mass is 154 g/mol. The predicted molar refractivity (Wildman–Crippen MR) is 49.0 cm³/mol. The molecule has 0 fully saturated rings. The van der Waals surface area contributed by atoms with E-state index < -0.39 is 0 Å². The van der Waals surface area contributed by atoms with Crippen molar-refractivity contribution in [2.24, 2.45) is 0 Å². The highest BCUT2D eigenvalue weighted by atomic mass is 15.3. The largest absolute Gasteiger partial charge is 0.242 e. The first-order chi connectivity index (χ1) is 5.86. The molecule has 3 heteroatoms. The van der Waals surface area contributed by atoms with Crippen molar-refractivity contribution in [1.29, 1.82) is 0 Å². The summed E-state index contributed by atoms with van der Waals surface area (Å²) in [5.74, 6) is 0. The topological polar surface area (TPSA) is 17.8 Å². The van der Waals surface area contributed by atoms with Crippen LogP contribution in [0.3, 0.4) is 0 Å². The molecule has 0 saturated heterocycles. The molecule has 0 amide bonds. The Hall–Kier alpha value is -1.51. The molecule has 2 nitrogen and oxygen atoms in total. The number of benzene rings is 1. The average Bonchev–Trinajstić information content (AvgIpc) is 2.54. The zero-order valence-electron chi connectivity index (χ0n) is 6.51. The van der Waals surface area contributed by atoms with E-state index in [1.165, 1.54) is 0 Å². The Labute approximate surface area is 72.2 Å². The van der Waals surface area contributed by atoms with Crippen LogP contribution in [0.15, 0.2) is 42.6 Å². The maximum absolute atomic E-state index is 5.48. The molecule has 1 heterocycles. The molecule has 1 aromatic carbocycles. The summed E-state index contributed by atoms with van der Waals surface area (Å²) in [6, 6.07) is 11.6. The lowest BCUT2D eigenvalue weighted by atomic mass is 10.1. The molecule has 2 aromatic rings. The summed E-state index contributed by atoms with van der Waals surface area (Å²) in [5.41, 5.74) is 1.56. The molecule has 0 aliphatic heterocycles. The third-order valence-corrected chi connectivity index (χ3v) is 1.63. The molecule has 0 N–H and O–H groups in total. The van der Waals surface area contributed by atoms with Gasteiger partial charge in [-0.1, -0.05) is 18.2 Å². The average molecular weight is 154 g/mol. The lowest BCUT2D eigenvalue weighted by Crippen LogP contribution is -2.05. The number of rotatable bonds is 1. The van der Waals surface area contributed by atoms with Crippen LogP contribution in [0.2, 0.25) is 0 Å². The molecule has 0 atom stereocenters. The van der Waals surface area contributed by atoms with Crippen LogP contribution in [0, 0.1) is 0 Å². The Morgan fingerprint density at radius 2 is 1.83 bits per heavy atom. The van der Waals surface area contributed by atoms with E-state index in [0.29, 0.717) is 5.59 Å². The fourth-order valence-electron chi connectivity index (χ4n) is 1.06.